The van der Waals surface area contributed by atoms with Gasteiger partial charge in [-0.25, -0.2) is 0 Å². The van der Waals surface area contributed by atoms with Crippen LogP contribution in [0.3, 0.4) is 0 Å². The number of aromatic nitrogens is 1. The van der Waals surface area contributed by atoms with E-state index in [2.05, 4.69) is 9.88 Å². The Labute approximate surface area is 140 Å². The molecule has 0 bridgehead atoms. The van der Waals surface area contributed by atoms with Gasteiger partial charge >= 0.3 is 0 Å². The lowest BCUT2D eigenvalue weighted by molar-refractivity contribution is 0.0857. The second kappa shape index (κ2) is 6.49. The van der Waals surface area contributed by atoms with Gasteiger partial charge in [0, 0.05) is 30.4 Å². The standard InChI is InChI=1S/C18H22N2O2S/c21-17(19-12-13-6-5-11-22-13)16-14-7-1-2-8-15(14)23-18(16)20-9-3-4-10-20/h3-4,9-10,13H,1-2,5-8,11-12H2,(H,19,21)/t13-/m0/s1. The maximum atomic E-state index is 12.9. The summed E-state index contributed by atoms with van der Waals surface area (Å²) in [5, 5.41) is 4.17. The minimum absolute atomic E-state index is 0.0589. The Balaban J connectivity index is 1.62. The van der Waals surface area contributed by atoms with E-state index in [0.29, 0.717) is 6.54 Å². The van der Waals surface area contributed by atoms with Crippen LogP contribution >= 0.6 is 11.3 Å². The van der Waals surface area contributed by atoms with Gasteiger partial charge in [-0.1, -0.05) is 0 Å². The second-order valence-corrected chi connectivity index (χ2v) is 7.41. The smallest absolute Gasteiger partial charge is 0.254 e. The molecule has 1 amide bonds. The van der Waals surface area contributed by atoms with Crippen molar-refractivity contribution in [2.75, 3.05) is 13.2 Å². The quantitative estimate of drug-likeness (QED) is 0.934. The highest BCUT2D eigenvalue weighted by atomic mass is 32.1. The summed E-state index contributed by atoms with van der Waals surface area (Å²) >= 11 is 1.78. The number of rotatable bonds is 4. The van der Waals surface area contributed by atoms with Crippen molar-refractivity contribution < 1.29 is 9.53 Å². The third-order valence-electron chi connectivity index (χ3n) is 4.73. The summed E-state index contributed by atoms with van der Waals surface area (Å²) in [6, 6.07) is 4.01. The first-order chi connectivity index (χ1) is 11.3. The zero-order valence-electron chi connectivity index (χ0n) is 13.2. The normalized spacial score (nSPS) is 20.4. The lowest BCUT2D eigenvalue weighted by atomic mass is 9.95. The number of nitrogens with one attached hydrogen (secondary N) is 1. The number of fused-ring (bicyclic) bond motifs is 1. The molecule has 1 N–H and O–H groups in total. The van der Waals surface area contributed by atoms with E-state index in [9.17, 15) is 4.79 Å². The molecule has 2 aliphatic rings. The number of hydrogen-bond donors (Lipinski definition) is 1. The van der Waals surface area contributed by atoms with Gasteiger partial charge in [0.25, 0.3) is 5.91 Å². The number of hydrogen-bond acceptors (Lipinski definition) is 3. The SMILES string of the molecule is O=C(NC[C@@H]1CCCO1)c1c(-n2cccc2)sc2c1CCCC2. The van der Waals surface area contributed by atoms with Gasteiger partial charge in [-0.15, -0.1) is 11.3 Å². The van der Waals surface area contributed by atoms with Crippen molar-refractivity contribution in [2.24, 2.45) is 0 Å². The van der Waals surface area contributed by atoms with Crippen LogP contribution in [0.1, 0.15) is 46.5 Å². The van der Waals surface area contributed by atoms with Gasteiger partial charge in [0.2, 0.25) is 0 Å². The van der Waals surface area contributed by atoms with Crippen LogP contribution < -0.4 is 5.32 Å². The van der Waals surface area contributed by atoms with Crippen LogP contribution in [0.5, 0.6) is 0 Å². The number of thiophene rings is 1. The van der Waals surface area contributed by atoms with Crippen molar-refractivity contribution in [3.63, 3.8) is 0 Å². The monoisotopic (exact) mass is 330 g/mol. The fourth-order valence-corrected chi connectivity index (χ4v) is 4.89. The van der Waals surface area contributed by atoms with E-state index in [-0.39, 0.29) is 12.0 Å². The van der Waals surface area contributed by atoms with Crippen LogP contribution in [0.2, 0.25) is 0 Å². The first-order valence-electron chi connectivity index (χ1n) is 8.50. The van der Waals surface area contributed by atoms with Crippen LogP contribution in [0, 0.1) is 0 Å². The Morgan fingerprint density at radius 3 is 2.87 bits per heavy atom. The minimum Gasteiger partial charge on any atom is -0.376 e. The van der Waals surface area contributed by atoms with Crippen molar-refractivity contribution in [3.05, 3.63) is 40.5 Å². The molecule has 0 radical (unpaired) electrons. The fraction of sp³-hybridized carbons (Fsp3) is 0.500. The number of carbonyl (C=O) groups is 1. The Hall–Kier alpha value is -1.59. The molecule has 1 fully saturated rings. The molecule has 1 saturated heterocycles. The average Bonchev–Trinajstić information content (AvgIpc) is 3.31. The average molecular weight is 330 g/mol. The van der Waals surface area contributed by atoms with Gasteiger partial charge in [0.05, 0.1) is 11.7 Å². The highest BCUT2D eigenvalue weighted by Crippen LogP contribution is 2.36. The van der Waals surface area contributed by atoms with E-state index < -0.39 is 0 Å². The van der Waals surface area contributed by atoms with Gasteiger partial charge in [-0.3, -0.25) is 4.79 Å². The van der Waals surface area contributed by atoms with E-state index in [1.807, 2.05) is 24.5 Å². The molecule has 2 aromatic heterocycles. The molecule has 4 nitrogen and oxygen atoms in total. The summed E-state index contributed by atoms with van der Waals surface area (Å²) in [7, 11) is 0. The lowest BCUT2D eigenvalue weighted by Gasteiger charge is -2.15. The molecular weight excluding hydrogens is 308 g/mol. The molecule has 1 atom stereocenters. The highest BCUT2D eigenvalue weighted by molar-refractivity contribution is 7.15. The zero-order valence-corrected chi connectivity index (χ0v) is 14.0. The predicted molar refractivity (Wildman–Crippen MR) is 91.6 cm³/mol. The Morgan fingerprint density at radius 1 is 1.26 bits per heavy atom. The highest BCUT2D eigenvalue weighted by Gasteiger charge is 2.26. The van der Waals surface area contributed by atoms with Crippen molar-refractivity contribution in [1.82, 2.24) is 9.88 Å². The summed E-state index contributed by atoms with van der Waals surface area (Å²) in [6.07, 6.45) is 10.9. The third kappa shape index (κ3) is 2.95. The number of amides is 1. The van der Waals surface area contributed by atoms with Crippen LogP contribution in [-0.2, 0) is 17.6 Å². The van der Waals surface area contributed by atoms with Gasteiger partial charge in [0.1, 0.15) is 5.00 Å². The molecule has 5 heteroatoms. The summed E-state index contributed by atoms with van der Waals surface area (Å²) in [5.41, 5.74) is 2.16. The topological polar surface area (TPSA) is 43.3 Å². The number of aryl methyl sites for hydroxylation is 1. The van der Waals surface area contributed by atoms with E-state index in [1.54, 1.807) is 11.3 Å². The summed E-state index contributed by atoms with van der Waals surface area (Å²) in [6.45, 7) is 1.44. The fourth-order valence-electron chi connectivity index (χ4n) is 3.54. The van der Waals surface area contributed by atoms with Crippen LogP contribution in [0.15, 0.2) is 24.5 Å². The largest absolute Gasteiger partial charge is 0.376 e. The van der Waals surface area contributed by atoms with Crippen LogP contribution in [0.25, 0.3) is 5.00 Å². The Kier molecular flexibility index (Phi) is 4.23. The molecule has 0 aromatic carbocycles. The molecule has 23 heavy (non-hydrogen) atoms. The number of ether oxygens (including phenoxy) is 1. The van der Waals surface area contributed by atoms with Crippen LogP contribution in [0.4, 0.5) is 0 Å². The van der Waals surface area contributed by atoms with E-state index >= 15 is 0 Å². The minimum atomic E-state index is 0.0589. The van der Waals surface area contributed by atoms with Gasteiger partial charge < -0.3 is 14.6 Å². The number of carbonyl (C=O) groups excluding carboxylic acids is 1. The number of nitrogens with zero attached hydrogens (tertiary/aromatic N) is 1. The molecule has 4 rings (SSSR count). The van der Waals surface area contributed by atoms with Gasteiger partial charge in [0.15, 0.2) is 0 Å². The van der Waals surface area contributed by atoms with Crippen LogP contribution in [-0.4, -0.2) is 29.7 Å². The third-order valence-corrected chi connectivity index (χ3v) is 6.04. The predicted octanol–water partition coefficient (Wildman–Crippen LogP) is 3.33. The molecule has 0 saturated carbocycles. The van der Waals surface area contributed by atoms with Crippen molar-refractivity contribution in [2.45, 2.75) is 44.6 Å². The van der Waals surface area contributed by atoms with Gasteiger partial charge in [-0.2, -0.15) is 0 Å². The maximum Gasteiger partial charge on any atom is 0.254 e. The summed E-state index contributed by atoms with van der Waals surface area (Å²) in [5.74, 6) is 0.0589. The van der Waals surface area contributed by atoms with E-state index in [1.165, 1.54) is 23.3 Å². The molecule has 3 heterocycles. The Bertz CT molecular complexity index is 684. The van der Waals surface area contributed by atoms with Crippen molar-refractivity contribution in [1.29, 1.82) is 0 Å². The van der Waals surface area contributed by atoms with Crippen molar-refractivity contribution in [3.8, 4) is 5.00 Å². The van der Waals surface area contributed by atoms with E-state index in [0.717, 1.165) is 42.9 Å². The zero-order chi connectivity index (χ0) is 15.6. The molecule has 2 aromatic rings. The van der Waals surface area contributed by atoms with E-state index in [4.69, 9.17) is 4.74 Å². The molecule has 1 aliphatic heterocycles. The first kappa shape index (κ1) is 15.0. The molecular formula is C18H22N2O2S. The second-order valence-electron chi connectivity index (χ2n) is 6.33. The molecule has 0 spiro atoms. The summed E-state index contributed by atoms with van der Waals surface area (Å²) < 4.78 is 7.69. The first-order valence-corrected chi connectivity index (χ1v) is 9.32. The molecule has 1 aliphatic carbocycles. The van der Waals surface area contributed by atoms with Gasteiger partial charge in [-0.05, 0) is 56.2 Å². The maximum absolute atomic E-state index is 12.9. The molecule has 122 valence electrons. The lowest BCUT2D eigenvalue weighted by Crippen LogP contribution is -2.32. The van der Waals surface area contributed by atoms with Crippen molar-refractivity contribution >= 4 is 17.2 Å². The Morgan fingerprint density at radius 2 is 2.09 bits per heavy atom. The molecule has 0 unspecified atom stereocenters. The summed E-state index contributed by atoms with van der Waals surface area (Å²) in [4.78, 5) is 14.3.